The standard InChI is InChI=1S/C23H37F2O4P/c24-22-20(19-13-9-8-10-14-19)15-16-21(23(22)25)29-17-11-6-4-2-1-3-5-7-12-18-30(26,27)28/h15-16,19H,1-14,17-18H2,(H2,26,27,28). The van der Waals surface area contributed by atoms with Crippen molar-refractivity contribution in [3.63, 3.8) is 0 Å². The molecule has 0 heterocycles. The van der Waals surface area contributed by atoms with Gasteiger partial charge in [0.05, 0.1) is 6.61 Å². The van der Waals surface area contributed by atoms with Crippen molar-refractivity contribution in [3.05, 3.63) is 29.3 Å². The van der Waals surface area contributed by atoms with Crippen molar-refractivity contribution < 1.29 is 27.9 Å². The Morgan fingerprint density at radius 3 is 2.00 bits per heavy atom. The van der Waals surface area contributed by atoms with Crippen LogP contribution in [-0.4, -0.2) is 22.6 Å². The largest absolute Gasteiger partial charge is 0.490 e. The van der Waals surface area contributed by atoms with Crippen LogP contribution < -0.4 is 4.74 Å². The zero-order valence-electron chi connectivity index (χ0n) is 18.0. The minimum Gasteiger partial charge on any atom is -0.490 e. The van der Waals surface area contributed by atoms with Crippen molar-refractivity contribution in [2.24, 2.45) is 0 Å². The maximum absolute atomic E-state index is 14.4. The van der Waals surface area contributed by atoms with E-state index in [0.29, 0.717) is 18.6 Å². The third-order valence-electron chi connectivity index (χ3n) is 5.97. The number of unbranched alkanes of at least 4 members (excludes halogenated alkanes) is 8. The van der Waals surface area contributed by atoms with E-state index in [1.54, 1.807) is 12.1 Å². The van der Waals surface area contributed by atoms with Crippen molar-refractivity contribution in [1.29, 1.82) is 0 Å². The highest BCUT2D eigenvalue weighted by atomic mass is 31.2. The lowest BCUT2D eigenvalue weighted by molar-refractivity contribution is 0.283. The number of hydrogen-bond donors (Lipinski definition) is 2. The van der Waals surface area contributed by atoms with Gasteiger partial charge in [0.1, 0.15) is 0 Å². The van der Waals surface area contributed by atoms with Crippen molar-refractivity contribution in [2.45, 2.75) is 95.8 Å². The van der Waals surface area contributed by atoms with E-state index in [4.69, 9.17) is 14.5 Å². The minimum absolute atomic E-state index is 0.0131. The molecule has 1 aromatic carbocycles. The van der Waals surface area contributed by atoms with Gasteiger partial charge >= 0.3 is 7.60 Å². The third kappa shape index (κ3) is 9.45. The Kier molecular flexibility index (Phi) is 11.3. The number of hydrogen-bond acceptors (Lipinski definition) is 2. The van der Waals surface area contributed by atoms with Gasteiger partial charge in [-0.15, -0.1) is 0 Å². The van der Waals surface area contributed by atoms with Gasteiger partial charge in [-0.3, -0.25) is 4.57 Å². The summed E-state index contributed by atoms with van der Waals surface area (Å²) >= 11 is 0. The summed E-state index contributed by atoms with van der Waals surface area (Å²) in [4.78, 5) is 17.6. The SMILES string of the molecule is O=P(O)(O)CCCCCCCCCCCOc1ccc(C2CCCCC2)c(F)c1F. The Bertz CT molecular complexity index is 671. The summed E-state index contributed by atoms with van der Waals surface area (Å²) in [6, 6.07) is 3.28. The number of rotatable bonds is 14. The predicted molar refractivity (Wildman–Crippen MR) is 116 cm³/mol. The topological polar surface area (TPSA) is 66.8 Å². The van der Waals surface area contributed by atoms with Gasteiger partial charge in [0, 0.05) is 6.16 Å². The molecule has 1 saturated carbocycles. The molecule has 0 radical (unpaired) electrons. The zero-order chi connectivity index (χ0) is 21.8. The molecule has 0 saturated heterocycles. The maximum Gasteiger partial charge on any atom is 0.325 e. The smallest absolute Gasteiger partial charge is 0.325 e. The van der Waals surface area contributed by atoms with Gasteiger partial charge in [-0.25, -0.2) is 4.39 Å². The molecule has 1 fully saturated rings. The van der Waals surface area contributed by atoms with E-state index < -0.39 is 19.2 Å². The second kappa shape index (κ2) is 13.4. The van der Waals surface area contributed by atoms with E-state index in [9.17, 15) is 13.3 Å². The highest BCUT2D eigenvalue weighted by Gasteiger charge is 2.22. The normalized spacial score (nSPS) is 15.5. The zero-order valence-corrected chi connectivity index (χ0v) is 18.9. The van der Waals surface area contributed by atoms with Crippen molar-refractivity contribution in [2.75, 3.05) is 12.8 Å². The van der Waals surface area contributed by atoms with Crippen molar-refractivity contribution in [3.8, 4) is 5.75 Å². The second-order valence-corrected chi connectivity index (χ2v) is 10.3. The van der Waals surface area contributed by atoms with Crippen LogP contribution in [-0.2, 0) is 4.57 Å². The van der Waals surface area contributed by atoms with Crippen LogP contribution in [0.25, 0.3) is 0 Å². The highest BCUT2D eigenvalue weighted by molar-refractivity contribution is 7.51. The summed E-state index contributed by atoms with van der Waals surface area (Å²) in [5.74, 6) is -1.44. The Morgan fingerprint density at radius 1 is 0.833 bits per heavy atom. The summed E-state index contributed by atoms with van der Waals surface area (Å²) < 4.78 is 45.0. The molecular weight excluding hydrogens is 409 g/mol. The van der Waals surface area contributed by atoms with E-state index in [1.165, 1.54) is 6.42 Å². The molecule has 1 aliphatic rings. The maximum atomic E-state index is 14.4. The molecule has 0 bridgehead atoms. The van der Waals surface area contributed by atoms with Crippen LogP contribution in [0.15, 0.2) is 12.1 Å². The van der Waals surface area contributed by atoms with Gasteiger partial charge in [0.15, 0.2) is 11.6 Å². The van der Waals surface area contributed by atoms with E-state index >= 15 is 0 Å². The van der Waals surface area contributed by atoms with Crippen LogP contribution in [0, 0.1) is 11.6 Å². The average molecular weight is 447 g/mol. The first-order valence-corrected chi connectivity index (χ1v) is 13.3. The quantitative estimate of drug-likeness (QED) is 0.237. The fraction of sp³-hybridized carbons (Fsp3) is 0.739. The Balaban J connectivity index is 1.53. The first-order valence-electron chi connectivity index (χ1n) is 11.5. The molecule has 1 aromatic rings. The molecule has 7 heteroatoms. The first kappa shape index (κ1) is 25.3. The molecule has 2 N–H and O–H groups in total. The average Bonchev–Trinajstić information content (AvgIpc) is 2.71. The van der Waals surface area contributed by atoms with Gasteiger partial charge < -0.3 is 14.5 Å². The molecule has 0 aliphatic heterocycles. The molecule has 2 rings (SSSR count). The molecule has 4 nitrogen and oxygen atoms in total. The molecular formula is C23H37F2O4P. The van der Waals surface area contributed by atoms with Crippen LogP contribution in [0.3, 0.4) is 0 Å². The Hall–Kier alpha value is -0.970. The fourth-order valence-corrected chi connectivity index (χ4v) is 4.86. The van der Waals surface area contributed by atoms with Crippen LogP contribution in [0.5, 0.6) is 5.75 Å². The van der Waals surface area contributed by atoms with E-state index in [-0.39, 0.29) is 17.8 Å². The van der Waals surface area contributed by atoms with Crippen LogP contribution in [0.2, 0.25) is 0 Å². The van der Waals surface area contributed by atoms with Gasteiger partial charge in [0.25, 0.3) is 0 Å². The van der Waals surface area contributed by atoms with E-state index in [2.05, 4.69) is 0 Å². The van der Waals surface area contributed by atoms with Gasteiger partial charge in [-0.1, -0.05) is 70.3 Å². The second-order valence-electron chi connectivity index (χ2n) is 8.53. The summed E-state index contributed by atoms with van der Waals surface area (Å²) in [5, 5.41) is 0. The predicted octanol–water partition coefficient (Wildman–Crippen LogP) is 7.08. The van der Waals surface area contributed by atoms with Gasteiger partial charge in [-0.2, -0.15) is 4.39 Å². The minimum atomic E-state index is -3.84. The third-order valence-corrected chi connectivity index (χ3v) is 6.87. The van der Waals surface area contributed by atoms with Crippen LogP contribution in [0.1, 0.15) is 101 Å². The summed E-state index contributed by atoms with van der Waals surface area (Å²) in [6.07, 6.45) is 13.8. The first-order chi connectivity index (χ1) is 14.4. The summed E-state index contributed by atoms with van der Waals surface area (Å²) in [7, 11) is -3.84. The summed E-state index contributed by atoms with van der Waals surface area (Å²) in [5.41, 5.74) is 0.501. The number of halogens is 2. The molecule has 172 valence electrons. The molecule has 1 aliphatic carbocycles. The van der Waals surface area contributed by atoms with Crippen molar-refractivity contribution in [1.82, 2.24) is 0 Å². The molecule has 0 amide bonds. The van der Waals surface area contributed by atoms with Gasteiger partial charge in [-0.05, 0) is 43.2 Å². The lowest BCUT2D eigenvalue weighted by Gasteiger charge is -2.23. The number of ether oxygens (including phenoxy) is 1. The van der Waals surface area contributed by atoms with E-state index in [1.807, 2.05) is 0 Å². The highest BCUT2D eigenvalue weighted by Crippen LogP contribution is 2.37. The number of benzene rings is 1. The fourth-order valence-electron chi connectivity index (χ4n) is 4.23. The Morgan fingerprint density at radius 2 is 1.40 bits per heavy atom. The molecule has 0 unspecified atom stereocenters. The molecule has 0 spiro atoms. The van der Waals surface area contributed by atoms with Crippen molar-refractivity contribution >= 4 is 7.60 Å². The van der Waals surface area contributed by atoms with E-state index in [0.717, 1.165) is 77.0 Å². The monoisotopic (exact) mass is 446 g/mol. The lowest BCUT2D eigenvalue weighted by atomic mass is 9.84. The van der Waals surface area contributed by atoms with Gasteiger partial charge in [0.2, 0.25) is 5.82 Å². The Labute approximate surface area is 179 Å². The molecule has 30 heavy (non-hydrogen) atoms. The van der Waals surface area contributed by atoms with Crippen LogP contribution in [0.4, 0.5) is 8.78 Å². The molecule has 0 aromatic heterocycles. The molecule has 0 atom stereocenters. The lowest BCUT2D eigenvalue weighted by Crippen LogP contribution is -2.09. The van der Waals surface area contributed by atoms with Crippen LogP contribution >= 0.6 is 7.60 Å². The summed E-state index contributed by atoms with van der Waals surface area (Å²) in [6.45, 7) is 0.390.